The van der Waals surface area contributed by atoms with Gasteiger partial charge in [-0.15, -0.1) is 0 Å². The molecular formula is C23H28ClNOS. The second-order valence-corrected chi connectivity index (χ2v) is 8.32. The average Bonchev–Trinajstić information content (AvgIpc) is 2.64. The van der Waals surface area contributed by atoms with E-state index in [1.54, 1.807) is 0 Å². The summed E-state index contributed by atoms with van der Waals surface area (Å²) in [5.41, 5.74) is 4.11. The van der Waals surface area contributed by atoms with Crippen LogP contribution in [0.3, 0.4) is 0 Å². The maximum absolute atomic E-state index is 6.24. The Hall–Kier alpha value is -1.58. The van der Waals surface area contributed by atoms with Crippen LogP contribution in [0.5, 0.6) is 5.75 Å². The van der Waals surface area contributed by atoms with E-state index < -0.39 is 0 Å². The molecule has 4 heteroatoms. The van der Waals surface area contributed by atoms with Gasteiger partial charge < -0.3 is 10.1 Å². The van der Waals surface area contributed by atoms with Crippen LogP contribution in [0.15, 0.2) is 36.4 Å². The van der Waals surface area contributed by atoms with E-state index in [-0.39, 0.29) is 0 Å². The van der Waals surface area contributed by atoms with Gasteiger partial charge in [-0.2, -0.15) is 0 Å². The Bertz CT molecular complexity index is 776. The quantitative estimate of drug-likeness (QED) is 0.522. The molecule has 2 aromatic carbocycles. The van der Waals surface area contributed by atoms with Crippen molar-refractivity contribution < 1.29 is 4.74 Å². The van der Waals surface area contributed by atoms with Gasteiger partial charge in [-0.05, 0) is 61.6 Å². The van der Waals surface area contributed by atoms with Crippen LogP contribution in [0.25, 0.3) is 0 Å². The van der Waals surface area contributed by atoms with Crippen LogP contribution in [0.1, 0.15) is 55.2 Å². The highest BCUT2D eigenvalue weighted by atomic mass is 35.5. The minimum atomic E-state index is 0.665. The third kappa shape index (κ3) is 5.46. The Morgan fingerprint density at radius 2 is 1.78 bits per heavy atom. The normalized spacial score (nSPS) is 14.8. The van der Waals surface area contributed by atoms with E-state index in [9.17, 15) is 0 Å². The Labute approximate surface area is 173 Å². The summed E-state index contributed by atoms with van der Waals surface area (Å²) in [5, 5.41) is 3.94. The monoisotopic (exact) mass is 401 g/mol. The standard InChI is InChI=1S/C23H28ClNOS/c1-16-14-19(26-13-12-18-8-4-3-5-9-18)15-17(2)22(16)23(27)25-21-11-7-6-10-20(21)24/h6-7,10-11,14-15,18H,3-5,8-9,12-13H2,1-2H3,(H,25,27). The number of benzene rings is 2. The Balaban J connectivity index is 1.63. The first-order chi connectivity index (χ1) is 13.0. The Morgan fingerprint density at radius 3 is 2.44 bits per heavy atom. The number of para-hydroxylation sites is 1. The molecule has 0 aliphatic heterocycles. The van der Waals surface area contributed by atoms with Crippen molar-refractivity contribution in [2.75, 3.05) is 11.9 Å². The van der Waals surface area contributed by atoms with Crippen LogP contribution >= 0.6 is 23.8 Å². The van der Waals surface area contributed by atoms with Gasteiger partial charge >= 0.3 is 0 Å². The van der Waals surface area contributed by atoms with Gasteiger partial charge in [0.05, 0.1) is 17.3 Å². The number of rotatable bonds is 6. The largest absolute Gasteiger partial charge is 0.494 e. The Kier molecular flexibility index (Phi) is 7.14. The van der Waals surface area contributed by atoms with E-state index >= 15 is 0 Å². The highest BCUT2D eigenvalue weighted by Gasteiger charge is 2.15. The van der Waals surface area contributed by atoms with Gasteiger partial charge in [-0.1, -0.05) is 68.1 Å². The summed E-state index contributed by atoms with van der Waals surface area (Å²) in [4.78, 5) is 0.687. The van der Waals surface area contributed by atoms with Gasteiger partial charge in [0.1, 0.15) is 10.7 Å². The zero-order chi connectivity index (χ0) is 19.2. The van der Waals surface area contributed by atoms with Crippen molar-refractivity contribution in [3.05, 3.63) is 58.1 Å². The molecule has 144 valence electrons. The maximum Gasteiger partial charge on any atom is 0.119 e. The zero-order valence-corrected chi connectivity index (χ0v) is 17.8. The number of anilines is 1. The number of nitrogens with one attached hydrogen (secondary N) is 1. The van der Waals surface area contributed by atoms with Gasteiger partial charge in [0, 0.05) is 5.56 Å². The molecule has 0 bridgehead atoms. The average molecular weight is 402 g/mol. The minimum Gasteiger partial charge on any atom is -0.494 e. The van der Waals surface area contributed by atoms with Crippen molar-refractivity contribution in [2.24, 2.45) is 5.92 Å². The van der Waals surface area contributed by atoms with E-state index in [1.165, 1.54) is 32.1 Å². The summed E-state index contributed by atoms with van der Waals surface area (Å²) in [6.07, 6.45) is 8.05. The van der Waals surface area contributed by atoms with E-state index in [0.29, 0.717) is 10.0 Å². The fourth-order valence-electron chi connectivity index (χ4n) is 3.93. The van der Waals surface area contributed by atoms with Crippen LogP contribution in [-0.4, -0.2) is 11.6 Å². The van der Waals surface area contributed by atoms with Crippen LogP contribution < -0.4 is 10.1 Å². The molecule has 0 unspecified atom stereocenters. The molecule has 0 atom stereocenters. The number of halogens is 1. The minimum absolute atomic E-state index is 0.665. The molecule has 1 saturated carbocycles. The third-order valence-electron chi connectivity index (χ3n) is 5.37. The second-order valence-electron chi connectivity index (χ2n) is 7.51. The van der Waals surface area contributed by atoms with E-state index in [1.807, 2.05) is 24.3 Å². The maximum atomic E-state index is 6.24. The number of aryl methyl sites for hydroxylation is 2. The molecule has 0 aromatic heterocycles. The second kappa shape index (κ2) is 9.57. The predicted molar refractivity (Wildman–Crippen MR) is 119 cm³/mol. The van der Waals surface area contributed by atoms with E-state index in [0.717, 1.165) is 47.1 Å². The Morgan fingerprint density at radius 1 is 1.11 bits per heavy atom. The lowest BCUT2D eigenvalue weighted by molar-refractivity contribution is 0.246. The summed E-state index contributed by atoms with van der Waals surface area (Å²) < 4.78 is 6.06. The summed E-state index contributed by atoms with van der Waals surface area (Å²) in [6, 6.07) is 11.8. The molecule has 27 heavy (non-hydrogen) atoms. The first kappa shape index (κ1) is 20.2. The van der Waals surface area contributed by atoms with Gasteiger partial charge in [-0.25, -0.2) is 0 Å². The third-order valence-corrected chi connectivity index (χ3v) is 6.01. The molecule has 2 nitrogen and oxygen atoms in total. The molecule has 1 aliphatic carbocycles. The topological polar surface area (TPSA) is 21.3 Å². The molecule has 0 spiro atoms. The van der Waals surface area contributed by atoms with E-state index in [4.69, 9.17) is 28.6 Å². The molecule has 3 rings (SSSR count). The number of hydrogen-bond donors (Lipinski definition) is 1. The van der Waals surface area contributed by atoms with Crippen molar-refractivity contribution in [2.45, 2.75) is 52.4 Å². The summed E-state index contributed by atoms with van der Waals surface area (Å²) in [7, 11) is 0. The van der Waals surface area contributed by atoms with Crippen LogP contribution in [-0.2, 0) is 0 Å². The van der Waals surface area contributed by atoms with Gasteiger partial charge in [0.25, 0.3) is 0 Å². The first-order valence-corrected chi connectivity index (χ1v) is 10.6. The smallest absolute Gasteiger partial charge is 0.119 e. The number of hydrogen-bond acceptors (Lipinski definition) is 2. The van der Waals surface area contributed by atoms with Crippen molar-refractivity contribution >= 4 is 34.5 Å². The predicted octanol–water partition coefficient (Wildman–Crippen LogP) is 7.09. The molecule has 1 fully saturated rings. The number of thiocarbonyl (C=S) groups is 1. The van der Waals surface area contributed by atoms with E-state index in [2.05, 4.69) is 31.3 Å². The molecule has 0 radical (unpaired) electrons. The highest BCUT2D eigenvalue weighted by molar-refractivity contribution is 7.81. The fourth-order valence-corrected chi connectivity index (χ4v) is 4.55. The first-order valence-electron chi connectivity index (χ1n) is 9.84. The highest BCUT2D eigenvalue weighted by Crippen LogP contribution is 2.28. The molecular weight excluding hydrogens is 374 g/mol. The van der Waals surface area contributed by atoms with Crippen molar-refractivity contribution in [3.63, 3.8) is 0 Å². The number of ether oxygens (including phenoxy) is 1. The molecule has 1 aliphatic rings. The van der Waals surface area contributed by atoms with Crippen molar-refractivity contribution in [1.29, 1.82) is 0 Å². The summed E-state index contributed by atoms with van der Waals surface area (Å²) in [5.74, 6) is 1.78. The van der Waals surface area contributed by atoms with Gasteiger partial charge in [0.2, 0.25) is 0 Å². The lowest BCUT2D eigenvalue weighted by Gasteiger charge is -2.21. The van der Waals surface area contributed by atoms with Gasteiger partial charge in [0.15, 0.2) is 0 Å². The molecule has 0 saturated heterocycles. The zero-order valence-electron chi connectivity index (χ0n) is 16.2. The molecule has 2 aromatic rings. The van der Waals surface area contributed by atoms with Crippen molar-refractivity contribution in [3.8, 4) is 5.75 Å². The van der Waals surface area contributed by atoms with Crippen LogP contribution in [0.2, 0.25) is 5.02 Å². The van der Waals surface area contributed by atoms with Crippen molar-refractivity contribution in [1.82, 2.24) is 0 Å². The lowest BCUT2D eigenvalue weighted by atomic mass is 9.87. The molecule has 0 amide bonds. The molecule has 0 heterocycles. The van der Waals surface area contributed by atoms with Crippen LogP contribution in [0.4, 0.5) is 5.69 Å². The SMILES string of the molecule is Cc1cc(OCCC2CCCCC2)cc(C)c1C(=S)Nc1ccccc1Cl. The summed E-state index contributed by atoms with van der Waals surface area (Å²) >= 11 is 11.9. The van der Waals surface area contributed by atoms with Crippen LogP contribution in [0, 0.1) is 19.8 Å². The summed E-state index contributed by atoms with van der Waals surface area (Å²) in [6.45, 7) is 4.96. The fraction of sp³-hybridized carbons (Fsp3) is 0.435. The van der Waals surface area contributed by atoms with Gasteiger partial charge in [-0.3, -0.25) is 0 Å². The lowest BCUT2D eigenvalue weighted by Crippen LogP contribution is -2.15. The molecule has 1 N–H and O–H groups in total.